The van der Waals surface area contributed by atoms with Crippen molar-refractivity contribution in [1.82, 2.24) is 4.98 Å². The second-order valence-corrected chi connectivity index (χ2v) is 5.28. The van der Waals surface area contributed by atoms with E-state index in [2.05, 4.69) is 4.98 Å². The van der Waals surface area contributed by atoms with Gasteiger partial charge in [-0.2, -0.15) is 0 Å². The predicted molar refractivity (Wildman–Crippen MR) is 65.6 cm³/mol. The average molecular weight is 248 g/mol. The molecule has 0 aliphatic carbocycles. The molecule has 0 amide bonds. The molecule has 0 aliphatic heterocycles. The molecular weight excluding hydrogens is 236 g/mol. The molecule has 0 fully saturated rings. The summed E-state index contributed by atoms with van der Waals surface area (Å²) in [5, 5.41) is 4.36. The molecule has 1 atom stereocenters. The van der Waals surface area contributed by atoms with Gasteiger partial charge in [0.15, 0.2) is 0 Å². The van der Waals surface area contributed by atoms with Crippen molar-refractivity contribution in [3.05, 3.63) is 66.0 Å². The highest BCUT2D eigenvalue weighted by Crippen LogP contribution is 2.26. The summed E-state index contributed by atoms with van der Waals surface area (Å²) in [5.74, 6) is 0. The highest BCUT2D eigenvalue weighted by molar-refractivity contribution is 7.89. The van der Waals surface area contributed by atoms with Crippen LogP contribution in [0.15, 0.2) is 54.7 Å². The summed E-state index contributed by atoms with van der Waals surface area (Å²) in [6, 6.07) is 13.9. The van der Waals surface area contributed by atoms with Crippen molar-refractivity contribution in [2.24, 2.45) is 5.14 Å². The van der Waals surface area contributed by atoms with Gasteiger partial charge in [-0.3, -0.25) is 4.98 Å². The molecule has 2 N–H and O–H groups in total. The minimum atomic E-state index is -3.73. The maximum absolute atomic E-state index is 11.7. The molecule has 88 valence electrons. The second-order valence-electron chi connectivity index (χ2n) is 3.63. The third kappa shape index (κ3) is 2.69. The Morgan fingerprint density at radius 3 is 2.18 bits per heavy atom. The molecule has 0 bridgehead atoms. The Morgan fingerprint density at radius 1 is 1.00 bits per heavy atom. The summed E-state index contributed by atoms with van der Waals surface area (Å²) in [5.41, 5.74) is 1.05. The maximum Gasteiger partial charge on any atom is 0.221 e. The van der Waals surface area contributed by atoms with Gasteiger partial charge in [-0.1, -0.05) is 36.4 Å². The lowest BCUT2D eigenvalue weighted by atomic mass is 10.1. The van der Waals surface area contributed by atoms with Gasteiger partial charge in [-0.05, 0) is 17.7 Å². The van der Waals surface area contributed by atoms with Crippen molar-refractivity contribution in [3.63, 3.8) is 0 Å². The third-order valence-electron chi connectivity index (χ3n) is 2.39. The number of hydrogen-bond donors (Lipinski definition) is 1. The average Bonchev–Trinajstić information content (AvgIpc) is 2.30. The van der Waals surface area contributed by atoms with E-state index >= 15 is 0 Å². The monoisotopic (exact) mass is 248 g/mol. The third-order valence-corrected chi connectivity index (χ3v) is 3.56. The lowest BCUT2D eigenvalue weighted by molar-refractivity contribution is 0.589. The van der Waals surface area contributed by atoms with E-state index in [-0.39, 0.29) is 0 Å². The molecule has 0 saturated heterocycles. The number of nitrogens with zero attached hydrogens (tertiary/aromatic N) is 1. The number of primary sulfonamides is 1. The Labute approximate surface area is 100 Å². The van der Waals surface area contributed by atoms with E-state index in [1.807, 2.05) is 6.07 Å². The van der Waals surface area contributed by atoms with Gasteiger partial charge in [0.05, 0.1) is 5.69 Å². The Morgan fingerprint density at radius 2 is 1.65 bits per heavy atom. The lowest BCUT2D eigenvalue weighted by Crippen LogP contribution is -2.23. The van der Waals surface area contributed by atoms with Gasteiger partial charge in [0, 0.05) is 6.20 Å². The summed E-state index contributed by atoms with van der Waals surface area (Å²) in [6.45, 7) is 0. The van der Waals surface area contributed by atoms with Crippen LogP contribution in [0, 0.1) is 0 Å². The van der Waals surface area contributed by atoms with E-state index in [1.54, 1.807) is 48.7 Å². The molecular formula is C12H12N2O2S. The number of pyridine rings is 1. The van der Waals surface area contributed by atoms with E-state index in [0.29, 0.717) is 11.3 Å². The first-order chi connectivity index (χ1) is 8.09. The molecule has 1 aromatic heterocycles. The molecule has 1 unspecified atom stereocenters. The number of rotatable bonds is 3. The number of sulfonamides is 1. The molecule has 1 aromatic carbocycles. The molecule has 0 radical (unpaired) electrons. The SMILES string of the molecule is NS(=O)(=O)C(c1ccccc1)c1ccccn1. The van der Waals surface area contributed by atoms with Crippen LogP contribution >= 0.6 is 0 Å². The van der Waals surface area contributed by atoms with Crippen LogP contribution in [0.1, 0.15) is 16.5 Å². The highest BCUT2D eigenvalue weighted by Gasteiger charge is 2.26. The standard InChI is InChI=1S/C12H12N2O2S/c13-17(15,16)12(10-6-2-1-3-7-10)11-8-4-5-9-14-11/h1-9,12H,(H2,13,15,16). The second kappa shape index (κ2) is 4.65. The van der Waals surface area contributed by atoms with Gasteiger partial charge in [0.2, 0.25) is 10.0 Å². The predicted octanol–water partition coefficient (Wildman–Crippen LogP) is 1.46. The Hall–Kier alpha value is -1.72. The fraction of sp³-hybridized carbons (Fsp3) is 0.0833. The topological polar surface area (TPSA) is 73.1 Å². The van der Waals surface area contributed by atoms with E-state index in [0.717, 1.165) is 0 Å². The normalized spacial score (nSPS) is 13.2. The number of aromatic nitrogens is 1. The highest BCUT2D eigenvalue weighted by atomic mass is 32.2. The fourth-order valence-electron chi connectivity index (χ4n) is 1.69. The molecule has 5 heteroatoms. The van der Waals surface area contributed by atoms with Gasteiger partial charge >= 0.3 is 0 Å². The van der Waals surface area contributed by atoms with Crippen LogP contribution in [0.5, 0.6) is 0 Å². The van der Waals surface area contributed by atoms with E-state index < -0.39 is 15.3 Å². The summed E-state index contributed by atoms with van der Waals surface area (Å²) >= 11 is 0. The largest absolute Gasteiger partial charge is 0.260 e. The van der Waals surface area contributed by atoms with Crippen LogP contribution in [0.4, 0.5) is 0 Å². The zero-order valence-electron chi connectivity index (χ0n) is 9.02. The summed E-state index contributed by atoms with van der Waals surface area (Å²) in [4.78, 5) is 4.06. The molecule has 0 spiro atoms. The molecule has 17 heavy (non-hydrogen) atoms. The van der Waals surface area contributed by atoms with Crippen molar-refractivity contribution in [2.75, 3.05) is 0 Å². The zero-order chi connectivity index (χ0) is 12.3. The number of benzene rings is 1. The summed E-state index contributed by atoms with van der Waals surface area (Å²) in [6.07, 6.45) is 1.55. The Bertz CT molecular complexity index is 543. The van der Waals surface area contributed by atoms with Crippen LogP contribution < -0.4 is 5.14 Å². The Balaban J connectivity index is 2.56. The van der Waals surface area contributed by atoms with Gasteiger partial charge in [-0.15, -0.1) is 0 Å². The number of nitrogens with two attached hydrogens (primary N) is 1. The molecule has 1 heterocycles. The van der Waals surface area contributed by atoms with Crippen LogP contribution in [0.2, 0.25) is 0 Å². The molecule has 0 aliphatic rings. The quantitative estimate of drug-likeness (QED) is 0.893. The van der Waals surface area contributed by atoms with Crippen molar-refractivity contribution in [3.8, 4) is 0 Å². The zero-order valence-corrected chi connectivity index (χ0v) is 9.84. The van der Waals surface area contributed by atoms with Gasteiger partial charge in [0.25, 0.3) is 0 Å². The van der Waals surface area contributed by atoms with Crippen molar-refractivity contribution >= 4 is 10.0 Å². The number of hydrogen-bond acceptors (Lipinski definition) is 3. The minimum Gasteiger partial charge on any atom is -0.260 e. The first-order valence-electron chi connectivity index (χ1n) is 5.06. The molecule has 2 rings (SSSR count). The van der Waals surface area contributed by atoms with E-state index in [4.69, 9.17) is 5.14 Å². The minimum absolute atomic E-state index is 0.432. The van der Waals surface area contributed by atoms with Crippen LogP contribution in [0.25, 0.3) is 0 Å². The molecule has 4 nitrogen and oxygen atoms in total. The summed E-state index contributed by atoms with van der Waals surface area (Å²) in [7, 11) is -3.73. The lowest BCUT2D eigenvalue weighted by Gasteiger charge is -2.14. The van der Waals surface area contributed by atoms with Crippen molar-refractivity contribution in [1.29, 1.82) is 0 Å². The first-order valence-corrected chi connectivity index (χ1v) is 6.67. The molecule has 0 saturated carbocycles. The van der Waals surface area contributed by atoms with E-state index in [1.165, 1.54) is 0 Å². The first kappa shape index (κ1) is 11.8. The maximum atomic E-state index is 11.7. The van der Waals surface area contributed by atoms with Crippen molar-refractivity contribution in [2.45, 2.75) is 5.25 Å². The van der Waals surface area contributed by atoms with Crippen LogP contribution in [0.3, 0.4) is 0 Å². The fourth-order valence-corrected chi connectivity index (χ4v) is 2.70. The Kier molecular flexibility index (Phi) is 3.21. The van der Waals surface area contributed by atoms with Crippen molar-refractivity contribution < 1.29 is 8.42 Å². The molecule has 2 aromatic rings. The van der Waals surface area contributed by atoms with E-state index in [9.17, 15) is 8.42 Å². The smallest absolute Gasteiger partial charge is 0.221 e. The van der Waals surface area contributed by atoms with Gasteiger partial charge in [-0.25, -0.2) is 13.6 Å². The summed E-state index contributed by atoms with van der Waals surface area (Å²) < 4.78 is 23.3. The van der Waals surface area contributed by atoms with Gasteiger partial charge < -0.3 is 0 Å². The van der Waals surface area contributed by atoms with Crippen LogP contribution in [-0.4, -0.2) is 13.4 Å². The van der Waals surface area contributed by atoms with Gasteiger partial charge in [0.1, 0.15) is 5.25 Å². The van der Waals surface area contributed by atoms with Crippen LogP contribution in [-0.2, 0) is 10.0 Å².